The first kappa shape index (κ1) is 9.08. The molecule has 1 aromatic carbocycles. The molecule has 0 bridgehead atoms. The Kier molecular flexibility index (Phi) is 2.41. The summed E-state index contributed by atoms with van der Waals surface area (Å²) in [6.45, 7) is 2.09. The lowest BCUT2D eigenvalue weighted by atomic mass is 10.1. The lowest BCUT2D eigenvalue weighted by molar-refractivity contribution is 0.223. The zero-order valence-electron chi connectivity index (χ0n) is 8.29. The van der Waals surface area contributed by atoms with Crippen LogP contribution in [0.3, 0.4) is 0 Å². The maximum absolute atomic E-state index is 8.48. The number of rotatable bonds is 2. The molecule has 2 heteroatoms. The van der Waals surface area contributed by atoms with Crippen molar-refractivity contribution in [2.45, 2.75) is 32.3 Å². The van der Waals surface area contributed by atoms with E-state index in [1.807, 2.05) is 6.07 Å². The molecule has 1 unspecified atom stereocenters. The van der Waals surface area contributed by atoms with Crippen LogP contribution >= 0.6 is 0 Å². The second kappa shape index (κ2) is 3.71. The minimum Gasteiger partial charge on any atom is -0.490 e. The van der Waals surface area contributed by atoms with Gasteiger partial charge in [0.25, 0.3) is 0 Å². The van der Waals surface area contributed by atoms with Gasteiger partial charge in [-0.1, -0.05) is 17.7 Å². The maximum Gasteiger partial charge on any atom is 0.123 e. The van der Waals surface area contributed by atoms with Gasteiger partial charge in [-0.25, -0.2) is 0 Å². The second-order valence-corrected chi connectivity index (χ2v) is 3.75. The Morgan fingerprint density at radius 3 is 3.21 bits per heavy atom. The van der Waals surface area contributed by atoms with Gasteiger partial charge >= 0.3 is 0 Å². The zero-order valence-corrected chi connectivity index (χ0v) is 8.29. The summed E-state index contributed by atoms with van der Waals surface area (Å²) < 4.78 is 5.71. The second-order valence-electron chi connectivity index (χ2n) is 3.75. The molecule has 0 amide bonds. The molecule has 0 aromatic heterocycles. The summed E-state index contributed by atoms with van der Waals surface area (Å²) in [7, 11) is 0. The van der Waals surface area contributed by atoms with E-state index in [0.717, 1.165) is 18.6 Å². The third-order valence-corrected chi connectivity index (χ3v) is 2.54. The van der Waals surface area contributed by atoms with Gasteiger partial charge < -0.3 is 4.74 Å². The highest BCUT2D eigenvalue weighted by Crippen LogP contribution is 2.30. The van der Waals surface area contributed by atoms with Crippen LogP contribution < -0.4 is 4.74 Å². The summed E-state index contributed by atoms with van der Waals surface area (Å²) in [6.07, 6.45) is 2.59. The average Bonchev–Trinajstić information content (AvgIpc) is 2.56. The largest absolute Gasteiger partial charge is 0.490 e. The smallest absolute Gasteiger partial charge is 0.123 e. The number of nitrogens with zero attached hydrogens (tertiary/aromatic N) is 1. The standard InChI is InChI=1S/C12H13NO/c1-9-4-5-12-10(7-9)8-11(14-12)3-2-6-13/h4-5,7,11H,2-3,8H2,1H3. The maximum atomic E-state index is 8.48. The van der Waals surface area contributed by atoms with E-state index in [2.05, 4.69) is 25.1 Å². The van der Waals surface area contributed by atoms with Gasteiger partial charge in [-0.2, -0.15) is 5.26 Å². The third-order valence-electron chi connectivity index (χ3n) is 2.54. The molecule has 1 aliphatic heterocycles. The van der Waals surface area contributed by atoms with E-state index in [1.54, 1.807) is 0 Å². The first-order valence-electron chi connectivity index (χ1n) is 4.93. The van der Waals surface area contributed by atoms with Crippen molar-refractivity contribution in [3.8, 4) is 11.8 Å². The van der Waals surface area contributed by atoms with Gasteiger partial charge in [0, 0.05) is 12.8 Å². The average molecular weight is 187 g/mol. The molecule has 2 rings (SSSR count). The van der Waals surface area contributed by atoms with Crippen molar-refractivity contribution < 1.29 is 4.74 Å². The van der Waals surface area contributed by atoms with Gasteiger partial charge in [-0.15, -0.1) is 0 Å². The third kappa shape index (κ3) is 1.72. The summed E-state index contributed by atoms with van der Waals surface area (Å²) >= 11 is 0. The molecule has 72 valence electrons. The van der Waals surface area contributed by atoms with Gasteiger partial charge in [0.05, 0.1) is 6.07 Å². The minimum atomic E-state index is 0.214. The lowest BCUT2D eigenvalue weighted by Gasteiger charge is -2.06. The fraction of sp³-hybridized carbons (Fsp3) is 0.417. The molecule has 2 nitrogen and oxygen atoms in total. The summed E-state index contributed by atoms with van der Waals surface area (Å²) in [4.78, 5) is 0. The molecule has 0 N–H and O–H groups in total. The van der Waals surface area contributed by atoms with E-state index in [9.17, 15) is 0 Å². The number of hydrogen-bond donors (Lipinski definition) is 0. The number of hydrogen-bond acceptors (Lipinski definition) is 2. The van der Waals surface area contributed by atoms with Crippen molar-refractivity contribution in [1.82, 2.24) is 0 Å². The molecule has 0 radical (unpaired) electrons. The highest BCUT2D eigenvalue weighted by molar-refractivity contribution is 5.40. The number of nitriles is 1. The van der Waals surface area contributed by atoms with Crippen molar-refractivity contribution in [3.63, 3.8) is 0 Å². The molecule has 14 heavy (non-hydrogen) atoms. The Morgan fingerprint density at radius 1 is 1.57 bits per heavy atom. The quantitative estimate of drug-likeness (QED) is 0.713. The zero-order chi connectivity index (χ0) is 9.97. The van der Waals surface area contributed by atoms with E-state index < -0.39 is 0 Å². The summed E-state index contributed by atoms with van der Waals surface area (Å²) in [5.41, 5.74) is 2.56. The monoisotopic (exact) mass is 187 g/mol. The molecule has 0 fully saturated rings. The molecule has 0 aliphatic carbocycles. The first-order chi connectivity index (χ1) is 6.79. The summed E-state index contributed by atoms with van der Waals surface area (Å²) in [6, 6.07) is 8.41. The highest BCUT2D eigenvalue weighted by atomic mass is 16.5. The van der Waals surface area contributed by atoms with Crippen LogP contribution in [-0.4, -0.2) is 6.10 Å². The van der Waals surface area contributed by atoms with Crippen LogP contribution in [0.5, 0.6) is 5.75 Å². The fourth-order valence-electron chi connectivity index (χ4n) is 1.84. The predicted octanol–water partition coefficient (Wildman–Crippen LogP) is 2.60. The molecular weight excluding hydrogens is 174 g/mol. The number of ether oxygens (including phenoxy) is 1. The molecular formula is C12H13NO. The van der Waals surface area contributed by atoms with Crippen LogP contribution in [0.1, 0.15) is 24.0 Å². The van der Waals surface area contributed by atoms with Crippen LogP contribution in [0.25, 0.3) is 0 Å². The normalized spacial score (nSPS) is 18.4. The molecule has 0 saturated carbocycles. The number of fused-ring (bicyclic) bond motifs is 1. The van der Waals surface area contributed by atoms with Crippen LogP contribution in [0.2, 0.25) is 0 Å². The first-order valence-corrected chi connectivity index (χ1v) is 4.93. The number of aryl methyl sites for hydroxylation is 1. The SMILES string of the molecule is Cc1ccc2c(c1)CC(CCC#N)O2. The molecule has 1 heterocycles. The molecule has 0 saturated heterocycles. The molecule has 0 spiro atoms. The fourth-order valence-corrected chi connectivity index (χ4v) is 1.84. The minimum absolute atomic E-state index is 0.214. The summed E-state index contributed by atoms with van der Waals surface area (Å²) in [5, 5.41) is 8.48. The van der Waals surface area contributed by atoms with Crippen molar-refractivity contribution in [2.75, 3.05) is 0 Å². The van der Waals surface area contributed by atoms with Crippen molar-refractivity contribution >= 4 is 0 Å². The van der Waals surface area contributed by atoms with Crippen LogP contribution in [0.15, 0.2) is 18.2 Å². The van der Waals surface area contributed by atoms with E-state index in [0.29, 0.717) is 6.42 Å². The van der Waals surface area contributed by atoms with E-state index >= 15 is 0 Å². The van der Waals surface area contributed by atoms with Crippen molar-refractivity contribution in [2.24, 2.45) is 0 Å². The molecule has 1 aliphatic rings. The van der Waals surface area contributed by atoms with Gasteiger partial charge in [0.15, 0.2) is 0 Å². The Balaban J connectivity index is 2.07. The highest BCUT2D eigenvalue weighted by Gasteiger charge is 2.21. The van der Waals surface area contributed by atoms with Crippen molar-refractivity contribution in [1.29, 1.82) is 5.26 Å². The van der Waals surface area contributed by atoms with Gasteiger partial charge in [0.1, 0.15) is 11.9 Å². The number of benzene rings is 1. The Labute approximate surface area is 84.1 Å². The van der Waals surface area contributed by atoms with Crippen molar-refractivity contribution in [3.05, 3.63) is 29.3 Å². The predicted molar refractivity (Wildman–Crippen MR) is 54.1 cm³/mol. The lowest BCUT2D eigenvalue weighted by Crippen LogP contribution is -2.11. The Hall–Kier alpha value is -1.49. The van der Waals surface area contributed by atoms with Crippen LogP contribution in [0, 0.1) is 18.3 Å². The van der Waals surface area contributed by atoms with Gasteiger partial charge in [-0.3, -0.25) is 0 Å². The van der Waals surface area contributed by atoms with E-state index in [1.165, 1.54) is 11.1 Å². The molecule has 1 atom stereocenters. The van der Waals surface area contributed by atoms with Crippen LogP contribution in [0.4, 0.5) is 0 Å². The molecule has 1 aromatic rings. The topological polar surface area (TPSA) is 33.0 Å². The Morgan fingerprint density at radius 2 is 2.43 bits per heavy atom. The summed E-state index contributed by atoms with van der Waals surface area (Å²) in [5.74, 6) is 0.999. The van der Waals surface area contributed by atoms with E-state index in [4.69, 9.17) is 10.00 Å². The van der Waals surface area contributed by atoms with Gasteiger partial charge in [-0.05, 0) is 25.0 Å². The van der Waals surface area contributed by atoms with Gasteiger partial charge in [0.2, 0.25) is 0 Å². The van der Waals surface area contributed by atoms with Crippen LogP contribution in [-0.2, 0) is 6.42 Å². The Bertz CT molecular complexity index is 378. The van der Waals surface area contributed by atoms with E-state index in [-0.39, 0.29) is 6.10 Å².